The number of pyridine rings is 1. The molecule has 2 aromatic rings. The molecule has 0 radical (unpaired) electrons. The number of hydrogen-bond donors (Lipinski definition) is 1. The third-order valence-corrected chi connectivity index (χ3v) is 4.55. The number of benzene rings is 1. The van der Waals surface area contributed by atoms with Crippen molar-refractivity contribution < 1.29 is 19.1 Å². The van der Waals surface area contributed by atoms with Crippen LogP contribution in [-0.2, 0) is 9.53 Å². The highest BCUT2D eigenvalue weighted by Crippen LogP contribution is 2.22. The van der Waals surface area contributed by atoms with Crippen LogP contribution in [0.15, 0.2) is 48.8 Å². The van der Waals surface area contributed by atoms with E-state index in [1.165, 1.54) is 50.7 Å². The van der Waals surface area contributed by atoms with Crippen LogP contribution in [0.2, 0.25) is 0 Å². The fourth-order valence-corrected chi connectivity index (χ4v) is 2.98. The lowest BCUT2D eigenvalue weighted by atomic mass is 10.1. The zero-order valence-electron chi connectivity index (χ0n) is 15.3. The van der Waals surface area contributed by atoms with Gasteiger partial charge in [-0.15, -0.1) is 0 Å². The third-order valence-electron chi connectivity index (χ3n) is 4.55. The van der Waals surface area contributed by atoms with Gasteiger partial charge in [0.25, 0.3) is 5.91 Å². The Morgan fingerprint density at radius 2 is 1.70 bits per heavy atom. The van der Waals surface area contributed by atoms with E-state index < -0.39 is 18.0 Å². The van der Waals surface area contributed by atoms with Gasteiger partial charge in [-0.2, -0.15) is 4.73 Å². The molecule has 1 aromatic heterocycles. The fourth-order valence-electron chi connectivity index (χ4n) is 2.98. The molecule has 1 saturated heterocycles. The number of piperidine rings is 1. The number of carbonyl (C=O) groups excluding carboxylic acids is 2. The number of aromatic nitrogens is 1. The summed E-state index contributed by atoms with van der Waals surface area (Å²) in [7, 11) is 0. The summed E-state index contributed by atoms with van der Waals surface area (Å²) >= 11 is 0. The molecule has 1 aliphatic rings. The van der Waals surface area contributed by atoms with Gasteiger partial charge in [0.15, 0.2) is 18.5 Å². The SMILES string of the molecule is C[C@H](OC(=O)c1cc[n+]([O-])cc1)C(=O)Nc1ccc(N2CCCCC2)cc1. The van der Waals surface area contributed by atoms with Crippen molar-refractivity contribution in [1.29, 1.82) is 0 Å². The van der Waals surface area contributed by atoms with Crippen LogP contribution in [0.25, 0.3) is 0 Å². The molecule has 2 heterocycles. The summed E-state index contributed by atoms with van der Waals surface area (Å²) in [6, 6.07) is 10.4. The van der Waals surface area contributed by atoms with Crippen LogP contribution in [0.4, 0.5) is 11.4 Å². The minimum atomic E-state index is -0.959. The Balaban J connectivity index is 1.54. The summed E-state index contributed by atoms with van der Waals surface area (Å²) in [5.41, 5.74) is 2.01. The second-order valence-corrected chi connectivity index (χ2v) is 6.58. The summed E-state index contributed by atoms with van der Waals surface area (Å²) in [5, 5.41) is 13.7. The molecule has 0 bridgehead atoms. The maximum Gasteiger partial charge on any atom is 0.339 e. The van der Waals surface area contributed by atoms with E-state index in [0.717, 1.165) is 18.8 Å². The lowest BCUT2D eigenvalue weighted by molar-refractivity contribution is -0.605. The fraction of sp³-hybridized carbons (Fsp3) is 0.350. The van der Waals surface area contributed by atoms with Crippen molar-refractivity contribution in [2.45, 2.75) is 32.3 Å². The number of amides is 1. The predicted octanol–water partition coefficient (Wildman–Crippen LogP) is 2.49. The molecule has 7 nitrogen and oxygen atoms in total. The molecular formula is C20H23N3O4. The number of anilines is 2. The van der Waals surface area contributed by atoms with Gasteiger partial charge in [0.05, 0.1) is 5.56 Å². The van der Waals surface area contributed by atoms with Crippen LogP contribution >= 0.6 is 0 Å². The quantitative estimate of drug-likeness (QED) is 0.497. The first-order chi connectivity index (χ1) is 13.0. The van der Waals surface area contributed by atoms with Crippen LogP contribution in [0.3, 0.4) is 0 Å². The van der Waals surface area contributed by atoms with Gasteiger partial charge < -0.3 is 20.2 Å². The molecule has 0 saturated carbocycles. The molecule has 1 amide bonds. The molecule has 1 aliphatic heterocycles. The lowest BCUT2D eigenvalue weighted by Gasteiger charge is -2.28. The first-order valence-corrected chi connectivity index (χ1v) is 9.08. The minimum Gasteiger partial charge on any atom is -0.619 e. The average molecular weight is 369 g/mol. The molecule has 3 rings (SSSR count). The second kappa shape index (κ2) is 8.53. The van der Waals surface area contributed by atoms with Crippen molar-refractivity contribution in [1.82, 2.24) is 0 Å². The van der Waals surface area contributed by atoms with E-state index in [-0.39, 0.29) is 5.56 Å². The smallest absolute Gasteiger partial charge is 0.339 e. The van der Waals surface area contributed by atoms with Gasteiger partial charge in [-0.25, -0.2) is 4.79 Å². The monoisotopic (exact) mass is 369 g/mol. The Labute approximate surface area is 158 Å². The number of carbonyl (C=O) groups is 2. The van der Waals surface area contributed by atoms with E-state index in [4.69, 9.17) is 4.74 Å². The number of hydrogen-bond acceptors (Lipinski definition) is 5. The average Bonchev–Trinajstić information content (AvgIpc) is 2.69. The molecular weight excluding hydrogens is 346 g/mol. The van der Waals surface area contributed by atoms with Gasteiger partial charge in [-0.1, -0.05) is 0 Å². The summed E-state index contributed by atoms with van der Waals surface area (Å²) in [6.07, 6.45) is 5.13. The summed E-state index contributed by atoms with van der Waals surface area (Å²) in [5.74, 6) is -1.07. The van der Waals surface area contributed by atoms with Gasteiger partial charge in [0.1, 0.15) is 0 Å². The van der Waals surface area contributed by atoms with E-state index in [1.54, 1.807) is 0 Å². The van der Waals surface area contributed by atoms with E-state index in [0.29, 0.717) is 10.4 Å². The van der Waals surface area contributed by atoms with Crippen LogP contribution in [-0.4, -0.2) is 31.1 Å². The molecule has 1 aromatic carbocycles. The summed E-state index contributed by atoms with van der Waals surface area (Å²) < 4.78 is 5.73. The largest absolute Gasteiger partial charge is 0.619 e. The zero-order valence-corrected chi connectivity index (χ0v) is 15.3. The first kappa shape index (κ1) is 18.7. The Kier molecular flexibility index (Phi) is 5.90. The molecule has 1 fully saturated rings. The van der Waals surface area contributed by atoms with E-state index in [2.05, 4.69) is 10.2 Å². The van der Waals surface area contributed by atoms with Crippen molar-refractivity contribution in [2.24, 2.45) is 0 Å². The molecule has 0 unspecified atom stereocenters. The second-order valence-electron chi connectivity index (χ2n) is 6.58. The first-order valence-electron chi connectivity index (χ1n) is 9.08. The highest BCUT2D eigenvalue weighted by molar-refractivity contribution is 5.97. The maximum atomic E-state index is 12.3. The van der Waals surface area contributed by atoms with Crippen molar-refractivity contribution in [3.8, 4) is 0 Å². The van der Waals surface area contributed by atoms with Gasteiger partial charge in [-0.05, 0) is 50.5 Å². The highest BCUT2D eigenvalue weighted by Gasteiger charge is 2.19. The van der Waals surface area contributed by atoms with Crippen molar-refractivity contribution in [3.63, 3.8) is 0 Å². The third kappa shape index (κ3) is 4.97. The van der Waals surface area contributed by atoms with Crippen LogP contribution < -0.4 is 14.9 Å². The van der Waals surface area contributed by atoms with E-state index in [9.17, 15) is 14.8 Å². The van der Waals surface area contributed by atoms with Crippen molar-refractivity contribution in [3.05, 3.63) is 59.6 Å². The maximum absolute atomic E-state index is 12.3. The minimum absolute atomic E-state index is 0.215. The Morgan fingerprint density at radius 3 is 2.33 bits per heavy atom. The van der Waals surface area contributed by atoms with Crippen molar-refractivity contribution >= 4 is 23.3 Å². The van der Waals surface area contributed by atoms with Gasteiger partial charge >= 0.3 is 5.97 Å². The predicted molar refractivity (Wildman–Crippen MR) is 101 cm³/mol. The van der Waals surface area contributed by atoms with Crippen LogP contribution in [0.5, 0.6) is 0 Å². The van der Waals surface area contributed by atoms with Crippen molar-refractivity contribution in [2.75, 3.05) is 23.3 Å². The number of esters is 1. The molecule has 1 atom stereocenters. The van der Waals surface area contributed by atoms with Crippen LogP contribution in [0.1, 0.15) is 36.5 Å². The lowest BCUT2D eigenvalue weighted by Crippen LogP contribution is -2.31. The molecule has 0 aliphatic carbocycles. The van der Waals surface area contributed by atoms with Gasteiger partial charge in [0.2, 0.25) is 0 Å². The molecule has 7 heteroatoms. The summed E-state index contributed by atoms with van der Waals surface area (Å²) in [6.45, 7) is 3.63. The topological polar surface area (TPSA) is 85.6 Å². The number of ether oxygens (including phenoxy) is 1. The molecule has 1 N–H and O–H groups in total. The Bertz CT molecular complexity index is 784. The zero-order chi connectivity index (χ0) is 19.2. The van der Waals surface area contributed by atoms with Gasteiger partial charge in [0, 0.05) is 36.6 Å². The molecule has 142 valence electrons. The normalized spacial score (nSPS) is 15.1. The summed E-state index contributed by atoms with van der Waals surface area (Å²) in [4.78, 5) is 26.6. The van der Waals surface area contributed by atoms with E-state index >= 15 is 0 Å². The molecule has 27 heavy (non-hydrogen) atoms. The standard InChI is InChI=1S/C20H23N3O4/c1-15(27-20(25)16-9-13-23(26)14-10-16)19(24)21-17-5-7-18(8-6-17)22-11-3-2-4-12-22/h5-10,13-15H,2-4,11-12H2,1H3,(H,21,24)/t15-/m0/s1. The Hall–Kier alpha value is -3.09. The number of rotatable bonds is 5. The van der Waals surface area contributed by atoms with Gasteiger partial charge in [-0.3, -0.25) is 4.79 Å². The van der Waals surface area contributed by atoms with E-state index in [1.807, 2.05) is 24.3 Å². The number of nitrogens with one attached hydrogen (secondary N) is 1. The Morgan fingerprint density at radius 1 is 1.07 bits per heavy atom. The highest BCUT2D eigenvalue weighted by atomic mass is 16.5. The molecule has 0 spiro atoms. The number of nitrogens with zero attached hydrogens (tertiary/aromatic N) is 2. The van der Waals surface area contributed by atoms with Crippen LogP contribution in [0, 0.1) is 5.21 Å².